The largest absolute Gasteiger partial charge is 0.179 e. The minimum absolute atomic E-state index is 0. The molecular weight excluding hydrogens is 359 g/mol. The summed E-state index contributed by atoms with van der Waals surface area (Å²) in [5, 5.41) is 0. The second kappa shape index (κ2) is 26.2. The molecule has 0 aliphatic heterocycles. The first-order valence-electron chi connectivity index (χ1n) is 9.09. The van der Waals surface area contributed by atoms with E-state index >= 15 is 0 Å². The van der Waals surface area contributed by atoms with Crippen molar-refractivity contribution in [2.75, 3.05) is 24.2 Å². The predicted molar refractivity (Wildman–Crippen MR) is 115 cm³/mol. The van der Waals surface area contributed by atoms with Gasteiger partial charge in [0.25, 0.3) is 0 Å². The molecule has 0 fully saturated rings. The molecule has 0 aromatic heterocycles. The summed E-state index contributed by atoms with van der Waals surface area (Å²) in [7, 11) is 0.422. The lowest BCUT2D eigenvalue weighted by atomic mass is 10.2. The van der Waals surface area contributed by atoms with Crippen molar-refractivity contribution < 1.29 is 0 Å². The summed E-state index contributed by atoms with van der Waals surface area (Å²) >= 11 is 4.09. The molecule has 0 atom stereocenters. The van der Waals surface area contributed by atoms with Gasteiger partial charge in [-0.3, -0.25) is 0 Å². The van der Waals surface area contributed by atoms with Crippen LogP contribution < -0.4 is 0 Å². The molecule has 132 valence electrons. The SMILES string of the molecule is Br.CCCCCCS.CCCCP(CCCC)CCCC. The highest BCUT2D eigenvalue weighted by Gasteiger charge is 2.05. The third-order valence-corrected chi connectivity index (χ3v) is 6.66. The van der Waals surface area contributed by atoms with Gasteiger partial charge in [0.05, 0.1) is 0 Å². The molecule has 0 aromatic rings. The molecule has 0 amide bonds. The van der Waals surface area contributed by atoms with Gasteiger partial charge >= 0.3 is 0 Å². The summed E-state index contributed by atoms with van der Waals surface area (Å²) in [5.41, 5.74) is 0. The molecule has 0 radical (unpaired) electrons. The average molecular weight is 401 g/mol. The van der Waals surface area contributed by atoms with Crippen LogP contribution in [0.4, 0.5) is 0 Å². The zero-order chi connectivity index (χ0) is 15.5. The maximum absolute atomic E-state index is 4.09. The second-order valence-electron chi connectivity index (χ2n) is 5.69. The topological polar surface area (TPSA) is 0 Å². The smallest absolute Gasteiger partial charge is 0.00979 e. The van der Waals surface area contributed by atoms with E-state index in [-0.39, 0.29) is 17.0 Å². The number of halogens is 1. The van der Waals surface area contributed by atoms with Gasteiger partial charge in [-0.05, 0) is 49.9 Å². The molecule has 21 heavy (non-hydrogen) atoms. The monoisotopic (exact) mass is 400 g/mol. The van der Waals surface area contributed by atoms with Crippen LogP contribution >= 0.6 is 37.5 Å². The van der Waals surface area contributed by atoms with Gasteiger partial charge in [0.2, 0.25) is 0 Å². The van der Waals surface area contributed by atoms with E-state index in [1.165, 1.54) is 64.2 Å². The van der Waals surface area contributed by atoms with Crippen LogP contribution in [-0.2, 0) is 0 Å². The fraction of sp³-hybridized carbons (Fsp3) is 1.00. The molecule has 0 bridgehead atoms. The molecule has 0 spiro atoms. The summed E-state index contributed by atoms with van der Waals surface area (Å²) in [6.07, 6.45) is 18.6. The van der Waals surface area contributed by atoms with Gasteiger partial charge < -0.3 is 0 Å². The Kier molecular flexibility index (Phi) is 33.8. The lowest BCUT2D eigenvalue weighted by Gasteiger charge is -2.16. The first-order chi connectivity index (χ1) is 9.76. The molecule has 0 aromatic carbocycles. The molecular formula is C18H42BrPS. The van der Waals surface area contributed by atoms with Crippen LogP contribution in [0.1, 0.15) is 91.9 Å². The Morgan fingerprint density at radius 3 is 1.24 bits per heavy atom. The van der Waals surface area contributed by atoms with Crippen LogP contribution in [0.25, 0.3) is 0 Å². The van der Waals surface area contributed by atoms with Crippen molar-refractivity contribution >= 4 is 37.5 Å². The highest BCUT2D eigenvalue weighted by atomic mass is 79.9. The zero-order valence-electron chi connectivity index (χ0n) is 15.2. The average Bonchev–Trinajstić information content (AvgIpc) is 2.48. The lowest BCUT2D eigenvalue weighted by Crippen LogP contribution is -1.95. The van der Waals surface area contributed by atoms with Gasteiger partial charge in [0, 0.05) is 0 Å². The van der Waals surface area contributed by atoms with Crippen molar-refractivity contribution in [3.05, 3.63) is 0 Å². The van der Waals surface area contributed by atoms with Gasteiger partial charge in [-0.25, -0.2) is 0 Å². The molecule has 0 rings (SSSR count). The standard InChI is InChI=1S/C12H27P.C6H14S.BrH/c1-4-7-10-13(11-8-5-2)12-9-6-3;1-2-3-4-5-6-7;/h4-12H2,1-3H3;7H,2-6H2,1H3;1H. The van der Waals surface area contributed by atoms with E-state index in [0.717, 1.165) is 5.75 Å². The second-order valence-corrected chi connectivity index (χ2v) is 8.82. The van der Waals surface area contributed by atoms with Crippen LogP contribution in [-0.4, -0.2) is 24.2 Å². The van der Waals surface area contributed by atoms with E-state index in [1.54, 1.807) is 18.5 Å². The highest BCUT2D eigenvalue weighted by Crippen LogP contribution is 2.38. The van der Waals surface area contributed by atoms with Crippen molar-refractivity contribution in [1.82, 2.24) is 0 Å². The van der Waals surface area contributed by atoms with Crippen molar-refractivity contribution in [3.63, 3.8) is 0 Å². The lowest BCUT2D eigenvalue weighted by molar-refractivity contribution is 0.707. The molecule has 3 heteroatoms. The third kappa shape index (κ3) is 26.5. The number of hydrogen-bond acceptors (Lipinski definition) is 1. The Hall–Kier alpha value is 1.26. The van der Waals surface area contributed by atoms with E-state index in [4.69, 9.17) is 0 Å². The van der Waals surface area contributed by atoms with Crippen molar-refractivity contribution in [2.24, 2.45) is 0 Å². The quantitative estimate of drug-likeness (QED) is 0.181. The molecule has 0 aliphatic carbocycles. The summed E-state index contributed by atoms with van der Waals surface area (Å²) in [4.78, 5) is 0. The first kappa shape index (κ1) is 27.1. The maximum atomic E-state index is 4.09. The summed E-state index contributed by atoms with van der Waals surface area (Å²) < 4.78 is 0. The van der Waals surface area contributed by atoms with E-state index < -0.39 is 0 Å². The van der Waals surface area contributed by atoms with Crippen LogP contribution in [0, 0.1) is 0 Å². The minimum Gasteiger partial charge on any atom is -0.179 e. The van der Waals surface area contributed by atoms with Gasteiger partial charge in [-0.15, -0.1) is 24.9 Å². The van der Waals surface area contributed by atoms with Crippen LogP contribution in [0.15, 0.2) is 0 Å². The Labute approximate surface area is 153 Å². The summed E-state index contributed by atoms with van der Waals surface area (Å²) in [6.45, 7) is 9.16. The van der Waals surface area contributed by atoms with Crippen LogP contribution in [0.5, 0.6) is 0 Å². The van der Waals surface area contributed by atoms with Gasteiger partial charge in [-0.1, -0.05) is 66.2 Å². The zero-order valence-corrected chi connectivity index (χ0v) is 18.7. The van der Waals surface area contributed by atoms with Crippen molar-refractivity contribution in [2.45, 2.75) is 91.9 Å². The molecule has 0 nitrogen and oxygen atoms in total. The van der Waals surface area contributed by atoms with E-state index in [9.17, 15) is 0 Å². The fourth-order valence-electron chi connectivity index (χ4n) is 2.02. The molecule has 0 unspecified atom stereocenters. The Morgan fingerprint density at radius 1 is 0.571 bits per heavy atom. The van der Waals surface area contributed by atoms with Crippen molar-refractivity contribution in [1.29, 1.82) is 0 Å². The van der Waals surface area contributed by atoms with Crippen LogP contribution in [0.3, 0.4) is 0 Å². The number of thiol groups is 1. The predicted octanol–water partition coefficient (Wildman–Crippen LogP) is 7.94. The number of rotatable bonds is 13. The fourth-order valence-corrected chi connectivity index (χ4v) is 5.20. The van der Waals surface area contributed by atoms with Crippen molar-refractivity contribution in [3.8, 4) is 0 Å². The Balaban J connectivity index is -0.000000347. The molecule has 0 saturated carbocycles. The molecule has 0 saturated heterocycles. The third-order valence-electron chi connectivity index (χ3n) is 3.50. The van der Waals surface area contributed by atoms with E-state index in [0.29, 0.717) is 7.92 Å². The van der Waals surface area contributed by atoms with Gasteiger partial charge in [-0.2, -0.15) is 12.6 Å². The molecule has 0 aliphatic rings. The normalized spacial score (nSPS) is 10.0. The van der Waals surface area contributed by atoms with Crippen LogP contribution in [0.2, 0.25) is 0 Å². The van der Waals surface area contributed by atoms with E-state index in [1.807, 2.05) is 0 Å². The highest BCUT2D eigenvalue weighted by molar-refractivity contribution is 8.93. The van der Waals surface area contributed by atoms with E-state index in [2.05, 4.69) is 40.3 Å². The first-order valence-corrected chi connectivity index (χ1v) is 11.6. The van der Waals surface area contributed by atoms with Gasteiger partial charge in [0.1, 0.15) is 0 Å². The Bertz CT molecular complexity index is 133. The minimum atomic E-state index is 0. The molecule has 0 N–H and O–H groups in total. The Morgan fingerprint density at radius 2 is 0.952 bits per heavy atom. The summed E-state index contributed by atoms with van der Waals surface area (Å²) in [5.74, 6) is 1.06. The number of hydrogen-bond donors (Lipinski definition) is 1. The summed E-state index contributed by atoms with van der Waals surface area (Å²) in [6, 6.07) is 0. The molecule has 0 heterocycles. The maximum Gasteiger partial charge on any atom is -0.00979 e. The van der Waals surface area contributed by atoms with Gasteiger partial charge in [0.15, 0.2) is 0 Å². The number of unbranched alkanes of at least 4 members (excludes halogenated alkanes) is 6.